The third kappa shape index (κ3) is 2.37. The molecule has 0 amide bonds. The second kappa shape index (κ2) is 5.69. The monoisotopic (exact) mass is 344 g/mol. The number of fused-ring (bicyclic) bond motifs is 5. The van der Waals surface area contributed by atoms with E-state index in [1.165, 1.54) is 31.3 Å². The highest BCUT2D eigenvalue weighted by molar-refractivity contribution is 5.91. The van der Waals surface area contributed by atoms with Crippen LogP contribution in [0, 0.1) is 34.5 Å². The number of rotatable bonds is 1. The molecule has 3 saturated carbocycles. The number of esters is 1. The molecule has 3 heteroatoms. The Bertz CT molecular complexity index is 635. The largest absolute Gasteiger partial charge is 0.462 e. The maximum Gasteiger partial charge on any atom is 0.302 e. The van der Waals surface area contributed by atoms with Crippen molar-refractivity contribution in [1.82, 2.24) is 0 Å². The number of carbonyl (C=O) groups excluding carboxylic acids is 2. The van der Waals surface area contributed by atoms with Crippen LogP contribution in [0.15, 0.2) is 11.6 Å². The predicted molar refractivity (Wildman–Crippen MR) is 96.8 cm³/mol. The van der Waals surface area contributed by atoms with Gasteiger partial charge in [0.15, 0.2) is 5.78 Å². The Hall–Kier alpha value is -1.12. The average molecular weight is 344 g/mol. The smallest absolute Gasteiger partial charge is 0.302 e. The molecule has 0 unspecified atom stereocenters. The fraction of sp³-hybridized carbons (Fsp3) is 0.818. The van der Waals surface area contributed by atoms with E-state index in [0.717, 1.165) is 25.2 Å². The van der Waals surface area contributed by atoms with Crippen LogP contribution in [0.2, 0.25) is 0 Å². The van der Waals surface area contributed by atoms with Gasteiger partial charge in [0.05, 0.1) is 0 Å². The molecule has 0 radical (unpaired) electrons. The van der Waals surface area contributed by atoms with Crippen molar-refractivity contribution >= 4 is 11.8 Å². The summed E-state index contributed by atoms with van der Waals surface area (Å²) < 4.78 is 5.74. The molecule has 0 heterocycles. The molecule has 4 aliphatic carbocycles. The van der Waals surface area contributed by atoms with Gasteiger partial charge in [-0.05, 0) is 80.6 Å². The lowest BCUT2D eigenvalue weighted by molar-refractivity contribution is -0.158. The minimum absolute atomic E-state index is 0.103. The van der Waals surface area contributed by atoms with Crippen LogP contribution < -0.4 is 0 Å². The van der Waals surface area contributed by atoms with Gasteiger partial charge < -0.3 is 4.74 Å². The first-order valence-corrected chi connectivity index (χ1v) is 10.2. The molecule has 0 aromatic carbocycles. The third-order valence-electron chi connectivity index (χ3n) is 8.80. The zero-order valence-electron chi connectivity index (χ0n) is 16.1. The van der Waals surface area contributed by atoms with Gasteiger partial charge in [-0.1, -0.05) is 19.4 Å². The normalized spacial score (nSPS) is 48.9. The molecule has 0 bridgehead atoms. The number of hydrogen-bond donors (Lipinski definition) is 0. The highest BCUT2D eigenvalue weighted by atomic mass is 16.5. The summed E-state index contributed by atoms with van der Waals surface area (Å²) in [7, 11) is 0. The molecule has 25 heavy (non-hydrogen) atoms. The molecule has 4 rings (SSSR count). The molecule has 0 aliphatic heterocycles. The molecule has 3 fully saturated rings. The van der Waals surface area contributed by atoms with Crippen molar-refractivity contribution in [3.05, 3.63) is 11.6 Å². The summed E-state index contributed by atoms with van der Waals surface area (Å²) in [4.78, 5) is 23.6. The van der Waals surface area contributed by atoms with E-state index in [1.807, 2.05) is 6.08 Å². The lowest BCUT2D eigenvalue weighted by Crippen LogP contribution is -2.54. The fourth-order valence-corrected chi connectivity index (χ4v) is 7.40. The highest BCUT2D eigenvalue weighted by Gasteiger charge is 2.61. The van der Waals surface area contributed by atoms with Gasteiger partial charge in [-0.3, -0.25) is 9.59 Å². The van der Waals surface area contributed by atoms with Crippen LogP contribution in [0.4, 0.5) is 0 Å². The number of carbonyl (C=O) groups is 2. The fourth-order valence-electron chi connectivity index (χ4n) is 7.40. The standard InChI is InChI=1S/C22H32O3/c1-13-11-16(24)12-15-5-6-17-18-7-8-20(25-14(2)23)21(18,3)10-9-19(17)22(13,15)4/h11,15,17-20H,5-10,12H2,1-4H3/t15-,17-,18+,19+,20-,21-,22-/m0/s1. The van der Waals surface area contributed by atoms with Crippen molar-refractivity contribution in [2.24, 2.45) is 34.5 Å². The molecule has 0 N–H and O–H groups in total. The summed E-state index contributed by atoms with van der Waals surface area (Å²) in [5.74, 6) is 2.80. The van der Waals surface area contributed by atoms with E-state index in [2.05, 4.69) is 20.8 Å². The zero-order valence-corrected chi connectivity index (χ0v) is 16.1. The summed E-state index contributed by atoms with van der Waals surface area (Å²) in [6.07, 6.45) is 9.79. The molecular formula is C22H32O3. The maximum absolute atomic E-state index is 12.1. The minimum atomic E-state index is -0.130. The van der Waals surface area contributed by atoms with E-state index < -0.39 is 0 Å². The molecule has 0 spiro atoms. The summed E-state index contributed by atoms with van der Waals surface area (Å²) in [5.41, 5.74) is 1.66. The number of ether oxygens (including phenoxy) is 1. The maximum atomic E-state index is 12.1. The van der Waals surface area contributed by atoms with Crippen molar-refractivity contribution in [1.29, 1.82) is 0 Å². The number of hydrogen-bond acceptors (Lipinski definition) is 3. The lowest BCUT2D eigenvalue weighted by atomic mass is 9.45. The predicted octanol–water partition coefficient (Wildman–Crippen LogP) is 4.70. The SMILES string of the molecule is CC(=O)O[C@H]1CC[C@@H]2[C@@H]3CC[C@H]4CC(=O)C=C(C)[C@]4(C)[C@@H]3CC[C@]12C. The van der Waals surface area contributed by atoms with Crippen molar-refractivity contribution in [2.75, 3.05) is 0 Å². The van der Waals surface area contributed by atoms with Crippen LogP contribution in [0.3, 0.4) is 0 Å². The van der Waals surface area contributed by atoms with Crippen LogP contribution in [0.1, 0.15) is 72.6 Å². The van der Waals surface area contributed by atoms with Crippen molar-refractivity contribution in [3.63, 3.8) is 0 Å². The Kier molecular flexibility index (Phi) is 3.94. The molecule has 0 aromatic heterocycles. The van der Waals surface area contributed by atoms with Crippen molar-refractivity contribution < 1.29 is 14.3 Å². The van der Waals surface area contributed by atoms with Gasteiger partial charge in [0.2, 0.25) is 0 Å². The summed E-state index contributed by atoms with van der Waals surface area (Å²) in [6, 6.07) is 0. The van der Waals surface area contributed by atoms with E-state index in [9.17, 15) is 9.59 Å². The van der Waals surface area contributed by atoms with Gasteiger partial charge in [0, 0.05) is 18.8 Å². The van der Waals surface area contributed by atoms with Gasteiger partial charge in [0.25, 0.3) is 0 Å². The van der Waals surface area contributed by atoms with Gasteiger partial charge in [-0.25, -0.2) is 0 Å². The first kappa shape index (κ1) is 17.3. The molecule has 3 nitrogen and oxygen atoms in total. The lowest BCUT2D eigenvalue weighted by Gasteiger charge is -2.60. The van der Waals surface area contributed by atoms with Crippen LogP contribution in [0.25, 0.3) is 0 Å². The second-order valence-electron chi connectivity index (χ2n) is 9.65. The average Bonchev–Trinajstić information content (AvgIpc) is 2.85. The van der Waals surface area contributed by atoms with Gasteiger partial charge >= 0.3 is 5.97 Å². The van der Waals surface area contributed by atoms with Crippen LogP contribution in [0.5, 0.6) is 0 Å². The minimum Gasteiger partial charge on any atom is -0.462 e. The molecule has 4 aliphatic rings. The Balaban J connectivity index is 1.65. The molecule has 0 saturated heterocycles. The Morgan fingerprint density at radius 3 is 2.60 bits per heavy atom. The van der Waals surface area contributed by atoms with Crippen LogP contribution >= 0.6 is 0 Å². The van der Waals surface area contributed by atoms with Gasteiger partial charge in [-0.2, -0.15) is 0 Å². The first-order chi connectivity index (χ1) is 11.8. The van der Waals surface area contributed by atoms with Crippen molar-refractivity contribution in [3.8, 4) is 0 Å². The third-order valence-corrected chi connectivity index (χ3v) is 8.80. The first-order valence-electron chi connectivity index (χ1n) is 10.2. The highest BCUT2D eigenvalue weighted by Crippen LogP contribution is 2.66. The van der Waals surface area contributed by atoms with Gasteiger partial charge in [-0.15, -0.1) is 0 Å². The topological polar surface area (TPSA) is 43.4 Å². The quantitative estimate of drug-likeness (QED) is 0.648. The second-order valence-corrected chi connectivity index (χ2v) is 9.65. The Morgan fingerprint density at radius 1 is 1.12 bits per heavy atom. The zero-order chi connectivity index (χ0) is 18.0. The van der Waals surface area contributed by atoms with Gasteiger partial charge in [0.1, 0.15) is 6.10 Å². The van der Waals surface area contributed by atoms with E-state index in [4.69, 9.17) is 4.74 Å². The van der Waals surface area contributed by atoms with E-state index in [0.29, 0.717) is 23.5 Å². The number of allylic oxidation sites excluding steroid dienone is 2. The summed E-state index contributed by atoms with van der Waals surface area (Å²) >= 11 is 0. The summed E-state index contributed by atoms with van der Waals surface area (Å²) in [6.45, 7) is 8.54. The van der Waals surface area contributed by atoms with E-state index in [-0.39, 0.29) is 22.9 Å². The Labute approximate surface area is 151 Å². The molecule has 0 aromatic rings. The molecule has 138 valence electrons. The van der Waals surface area contributed by atoms with Crippen molar-refractivity contribution in [2.45, 2.75) is 78.7 Å². The van der Waals surface area contributed by atoms with E-state index >= 15 is 0 Å². The molecular weight excluding hydrogens is 312 g/mol. The number of ketones is 1. The molecule has 7 atom stereocenters. The van der Waals surface area contributed by atoms with Crippen LogP contribution in [-0.4, -0.2) is 17.9 Å². The van der Waals surface area contributed by atoms with E-state index in [1.54, 1.807) is 6.92 Å². The van der Waals surface area contributed by atoms with Crippen LogP contribution in [-0.2, 0) is 14.3 Å². The Morgan fingerprint density at radius 2 is 1.88 bits per heavy atom. The summed E-state index contributed by atoms with van der Waals surface area (Å²) in [5, 5.41) is 0.